The number of rotatable bonds is 6. The minimum absolute atomic E-state index is 0.191. The number of thioether (sulfide) groups is 1. The molecule has 0 amide bonds. The second-order valence-electron chi connectivity index (χ2n) is 6.89. The van der Waals surface area contributed by atoms with E-state index in [0.29, 0.717) is 21.9 Å². The van der Waals surface area contributed by atoms with E-state index >= 15 is 0 Å². The third-order valence-corrected chi connectivity index (χ3v) is 5.84. The number of hydrogen-bond donors (Lipinski definition) is 0. The number of fused-ring (bicyclic) bond motifs is 1. The van der Waals surface area contributed by atoms with E-state index in [1.165, 1.54) is 16.4 Å². The zero-order valence-electron chi connectivity index (χ0n) is 17.1. The average Bonchev–Trinajstić information content (AvgIpc) is 3.28. The topological polar surface area (TPSA) is 87.7 Å². The fourth-order valence-electron chi connectivity index (χ4n) is 3.33. The molecule has 0 spiro atoms. The summed E-state index contributed by atoms with van der Waals surface area (Å²) in [5.74, 6) is 1.71. The standard InChI is InChI=1S/C23H18N6O2S/c1-31-18-13-11-16(12-14-18)21-25-26-23(29(21)17-7-3-2-4-8-17)32-15-28-22(30)19-9-5-6-10-20(19)24-27-28/h2-14H,15H2,1H3. The molecule has 5 aromatic rings. The maximum atomic E-state index is 12.8. The molecule has 5 rings (SSSR count). The third kappa shape index (κ3) is 3.74. The second-order valence-corrected chi connectivity index (χ2v) is 7.80. The van der Waals surface area contributed by atoms with Gasteiger partial charge in [-0.1, -0.05) is 47.3 Å². The Balaban J connectivity index is 1.52. The minimum Gasteiger partial charge on any atom is -0.497 e. The fraction of sp³-hybridized carbons (Fsp3) is 0.0870. The lowest BCUT2D eigenvalue weighted by Gasteiger charge is -2.11. The molecule has 0 saturated carbocycles. The molecule has 0 aliphatic rings. The van der Waals surface area contributed by atoms with E-state index in [9.17, 15) is 4.79 Å². The molecule has 0 radical (unpaired) electrons. The van der Waals surface area contributed by atoms with Crippen LogP contribution in [0.1, 0.15) is 0 Å². The van der Waals surface area contributed by atoms with Crippen LogP contribution in [0.2, 0.25) is 0 Å². The van der Waals surface area contributed by atoms with Crippen LogP contribution in [-0.2, 0) is 5.88 Å². The Kier molecular flexibility index (Phi) is 5.39. The first kappa shape index (κ1) is 20.0. The van der Waals surface area contributed by atoms with E-state index in [0.717, 1.165) is 17.0 Å². The monoisotopic (exact) mass is 442 g/mol. The van der Waals surface area contributed by atoms with Crippen molar-refractivity contribution in [3.63, 3.8) is 0 Å². The second kappa shape index (κ2) is 8.64. The first-order valence-corrected chi connectivity index (χ1v) is 10.8. The van der Waals surface area contributed by atoms with Crippen LogP contribution in [0.25, 0.3) is 28.0 Å². The summed E-state index contributed by atoms with van der Waals surface area (Å²) >= 11 is 1.37. The zero-order chi connectivity index (χ0) is 21.9. The van der Waals surface area contributed by atoms with Gasteiger partial charge in [-0.2, -0.15) is 4.68 Å². The van der Waals surface area contributed by atoms with Gasteiger partial charge in [0.15, 0.2) is 11.0 Å². The van der Waals surface area contributed by atoms with Gasteiger partial charge in [0.25, 0.3) is 5.56 Å². The molecule has 0 N–H and O–H groups in total. The lowest BCUT2D eigenvalue weighted by Crippen LogP contribution is -2.23. The molecular weight excluding hydrogens is 424 g/mol. The summed E-state index contributed by atoms with van der Waals surface area (Å²) in [5.41, 5.74) is 2.21. The maximum Gasteiger partial charge on any atom is 0.278 e. The van der Waals surface area contributed by atoms with E-state index < -0.39 is 0 Å². The summed E-state index contributed by atoms with van der Waals surface area (Å²) in [6, 6.07) is 24.7. The van der Waals surface area contributed by atoms with Crippen molar-refractivity contribution in [2.24, 2.45) is 0 Å². The molecule has 0 aliphatic carbocycles. The Morgan fingerprint density at radius 1 is 0.875 bits per heavy atom. The van der Waals surface area contributed by atoms with Crippen molar-refractivity contribution >= 4 is 22.7 Å². The highest BCUT2D eigenvalue weighted by atomic mass is 32.2. The van der Waals surface area contributed by atoms with Crippen molar-refractivity contribution in [3.8, 4) is 22.8 Å². The van der Waals surface area contributed by atoms with Gasteiger partial charge >= 0.3 is 0 Å². The molecule has 3 aromatic carbocycles. The first-order valence-electron chi connectivity index (χ1n) is 9.85. The predicted octanol–water partition coefficient (Wildman–Crippen LogP) is 3.80. The Morgan fingerprint density at radius 3 is 2.41 bits per heavy atom. The van der Waals surface area contributed by atoms with E-state index in [2.05, 4.69) is 20.5 Å². The molecule has 0 fully saturated rings. The van der Waals surface area contributed by atoms with Crippen LogP contribution in [0, 0.1) is 0 Å². The Labute approximate surface area is 187 Å². The summed E-state index contributed by atoms with van der Waals surface area (Å²) < 4.78 is 8.56. The highest BCUT2D eigenvalue weighted by Crippen LogP contribution is 2.29. The van der Waals surface area contributed by atoms with Crippen LogP contribution in [0.5, 0.6) is 5.75 Å². The minimum atomic E-state index is -0.191. The maximum absolute atomic E-state index is 12.8. The van der Waals surface area contributed by atoms with Gasteiger partial charge < -0.3 is 4.74 Å². The Morgan fingerprint density at radius 2 is 1.62 bits per heavy atom. The van der Waals surface area contributed by atoms with E-state index in [1.54, 1.807) is 19.2 Å². The SMILES string of the molecule is COc1ccc(-c2nnc(SCn3nnc4ccccc4c3=O)n2-c2ccccc2)cc1. The summed E-state index contributed by atoms with van der Waals surface area (Å²) in [6.07, 6.45) is 0. The van der Waals surface area contributed by atoms with Gasteiger partial charge in [-0.05, 0) is 48.5 Å². The van der Waals surface area contributed by atoms with Crippen LogP contribution < -0.4 is 10.3 Å². The molecule has 2 heterocycles. The van der Waals surface area contributed by atoms with Gasteiger partial charge in [0.05, 0.1) is 18.4 Å². The molecular formula is C23H18N6O2S. The van der Waals surface area contributed by atoms with Crippen LogP contribution in [0.3, 0.4) is 0 Å². The molecule has 2 aromatic heterocycles. The molecule has 0 saturated heterocycles. The smallest absolute Gasteiger partial charge is 0.278 e. The summed E-state index contributed by atoms with van der Waals surface area (Å²) in [5, 5.41) is 18.2. The summed E-state index contributed by atoms with van der Waals surface area (Å²) in [4.78, 5) is 12.8. The Bertz CT molecular complexity index is 1430. The van der Waals surface area contributed by atoms with Crippen molar-refractivity contribution in [2.75, 3.05) is 7.11 Å². The number of ether oxygens (including phenoxy) is 1. The van der Waals surface area contributed by atoms with Crippen LogP contribution >= 0.6 is 11.8 Å². The van der Waals surface area contributed by atoms with Crippen molar-refractivity contribution in [1.29, 1.82) is 0 Å². The van der Waals surface area contributed by atoms with Crippen molar-refractivity contribution < 1.29 is 4.74 Å². The third-order valence-electron chi connectivity index (χ3n) is 4.94. The quantitative estimate of drug-likeness (QED) is 0.370. The average molecular weight is 443 g/mol. The van der Waals surface area contributed by atoms with Gasteiger partial charge in [0.1, 0.15) is 11.3 Å². The van der Waals surface area contributed by atoms with Gasteiger partial charge in [0, 0.05) is 11.3 Å². The predicted molar refractivity (Wildman–Crippen MR) is 123 cm³/mol. The van der Waals surface area contributed by atoms with E-state index in [4.69, 9.17) is 4.74 Å². The molecule has 0 aliphatic heterocycles. The van der Waals surface area contributed by atoms with Crippen molar-refractivity contribution in [2.45, 2.75) is 11.0 Å². The number of para-hydroxylation sites is 1. The Hall–Kier alpha value is -3.98. The van der Waals surface area contributed by atoms with Gasteiger partial charge in [-0.25, -0.2) is 0 Å². The highest BCUT2D eigenvalue weighted by molar-refractivity contribution is 7.98. The summed E-state index contributed by atoms with van der Waals surface area (Å²) in [7, 11) is 1.63. The molecule has 0 atom stereocenters. The zero-order valence-corrected chi connectivity index (χ0v) is 17.9. The normalized spacial score (nSPS) is 11.0. The fourth-order valence-corrected chi connectivity index (χ4v) is 4.15. The van der Waals surface area contributed by atoms with Gasteiger partial charge in [-0.15, -0.1) is 15.3 Å². The lowest BCUT2D eigenvalue weighted by atomic mass is 10.2. The van der Waals surface area contributed by atoms with Crippen LogP contribution in [-0.4, -0.2) is 36.9 Å². The highest BCUT2D eigenvalue weighted by Gasteiger charge is 2.17. The van der Waals surface area contributed by atoms with E-state index in [-0.39, 0.29) is 11.4 Å². The number of nitrogens with zero attached hydrogens (tertiary/aromatic N) is 6. The largest absolute Gasteiger partial charge is 0.497 e. The van der Waals surface area contributed by atoms with Gasteiger partial charge in [0.2, 0.25) is 0 Å². The molecule has 0 bridgehead atoms. The number of hydrogen-bond acceptors (Lipinski definition) is 7. The van der Waals surface area contributed by atoms with Crippen LogP contribution in [0.15, 0.2) is 88.8 Å². The van der Waals surface area contributed by atoms with E-state index in [1.807, 2.05) is 71.3 Å². The van der Waals surface area contributed by atoms with Gasteiger partial charge in [-0.3, -0.25) is 9.36 Å². The molecule has 8 nitrogen and oxygen atoms in total. The first-order chi connectivity index (χ1) is 15.7. The number of aromatic nitrogens is 6. The van der Waals surface area contributed by atoms with Crippen molar-refractivity contribution in [3.05, 3.63) is 89.2 Å². The number of methoxy groups -OCH3 is 1. The number of benzene rings is 3. The summed E-state index contributed by atoms with van der Waals surface area (Å²) in [6.45, 7) is 0. The molecule has 9 heteroatoms. The molecule has 32 heavy (non-hydrogen) atoms. The molecule has 0 unspecified atom stereocenters. The lowest BCUT2D eigenvalue weighted by molar-refractivity contribution is 0.415. The van der Waals surface area contributed by atoms with Crippen LogP contribution in [0.4, 0.5) is 0 Å². The molecule has 158 valence electrons. The van der Waals surface area contributed by atoms with Crippen molar-refractivity contribution in [1.82, 2.24) is 29.8 Å².